The summed E-state index contributed by atoms with van der Waals surface area (Å²) in [4.78, 5) is 0. The third-order valence-electron chi connectivity index (χ3n) is 1.65. The van der Waals surface area contributed by atoms with Crippen LogP contribution < -0.4 is 5.30 Å². The first-order valence-electron chi connectivity index (χ1n) is 3.03. The van der Waals surface area contributed by atoms with Crippen molar-refractivity contribution in [3.63, 3.8) is 0 Å². The van der Waals surface area contributed by atoms with Gasteiger partial charge in [0.05, 0.1) is 0 Å². The zero-order chi connectivity index (χ0) is 6.85. The summed E-state index contributed by atoms with van der Waals surface area (Å²) in [6.45, 7) is 4.26. The van der Waals surface area contributed by atoms with Crippen LogP contribution in [0.5, 0.6) is 0 Å². The smallest absolute Gasteiger partial charge is 0 e. The molecule has 0 amide bonds. The summed E-state index contributed by atoms with van der Waals surface area (Å²) >= 11 is 0. The molecule has 0 nitrogen and oxygen atoms in total. The molecule has 0 heterocycles. The molecule has 0 aliphatic rings. The van der Waals surface area contributed by atoms with Crippen LogP contribution in [0.25, 0.3) is 0 Å². The number of rotatable bonds is 0. The molecule has 0 aromatic heterocycles. The number of hydrogen-bond acceptors (Lipinski definition) is 0. The molecule has 1 aromatic rings. The van der Waals surface area contributed by atoms with E-state index in [1.54, 1.807) is 0 Å². The second kappa shape index (κ2) is 4.24. The first kappa shape index (κ1) is 10.3. The van der Waals surface area contributed by atoms with E-state index in [1.165, 1.54) is 16.4 Å². The molecule has 0 spiro atoms. The summed E-state index contributed by atoms with van der Waals surface area (Å²) < 4.78 is 0. The molecule has 0 radical (unpaired) electrons. The summed E-state index contributed by atoms with van der Waals surface area (Å²) in [5.41, 5.74) is 2.74. The van der Waals surface area contributed by atoms with Gasteiger partial charge in [-0.1, -0.05) is 18.2 Å². The quantitative estimate of drug-likeness (QED) is 0.482. The largest absolute Gasteiger partial charge is 0.105 e. The second-order valence-corrected chi connectivity index (χ2v) is 2.91. The van der Waals surface area contributed by atoms with Gasteiger partial charge in [0.25, 0.3) is 0 Å². The third kappa shape index (κ3) is 2.17. The van der Waals surface area contributed by atoms with Crippen molar-refractivity contribution in [3.05, 3.63) is 29.3 Å². The SMILES string of the molecule is Cc1cccc(P)c1C.[Pd]. The van der Waals surface area contributed by atoms with Crippen LogP contribution in [-0.4, -0.2) is 0 Å². The maximum atomic E-state index is 2.72. The molecule has 1 aromatic carbocycles. The normalized spacial score (nSPS) is 8.70. The van der Waals surface area contributed by atoms with Gasteiger partial charge in [0.1, 0.15) is 0 Å². The Bertz CT molecular complexity index is 200. The zero-order valence-electron chi connectivity index (χ0n) is 6.13. The van der Waals surface area contributed by atoms with Crippen molar-refractivity contribution in [2.24, 2.45) is 0 Å². The maximum Gasteiger partial charge on any atom is 0 e. The van der Waals surface area contributed by atoms with E-state index in [0.29, 0.717) is 0 Å². The van der Waals surface area contributed by atoms with E-state index in [4.69, 9.17) is 0 Å². The van der Waals surface area contributed by atoms with E-state index >= 15 is 0 Å². The average Bonchev–Trinajstić information content (AvgIpc) is 1.83. The minimum absolute atomic E-state index is 0. The Morgan fingerprint density at radius 1 is 1.20 bits per heavy atom. The predicted molar refractivity (Wildman–Crippen MR) is 45.3 cm³/mol. The van der Waals surface area contributed by atoms with Crippen LogP contribution in [-0.2, 0) is 20.4 Å². The number of benzene rings is 1. The molecule has 1 rings (SSSR count). The van der Waals surface area contributed by atoms with Gasteiger partial charge >= 0.3 is 0 Å². The van der Waals surface area contributed by atoms with Gasteiger partial charge in [-0.05, 0) is 30.3 Å². The Morgan fingerprint density at radius 2 is 1.80 bits per heavy atom. The molecule has 0 aliphatic carbocycles. The van der Waals surface area contributed by atoms with E-state index in [-0.39, 0.29) is 20.4 Å². The van der Waals surface area contributed by atoms with Crippen molar-refractivity contribution in [3.8, 4) is 0 Å². The maximum absolute atomic E-state index is 2.72. The fourth-order valence-corrected chi connectivity index (χ4v) is 1.11. The molecule has 0 fully saturated rings. The molecule has 10 heavy (non-hydrogen) atoms. The van der Waals surface area contributed by atoms with Gasteiger partial charge in [-0.3, -0.25) is 0 Å². The van der Waals surface area contributed by atoms with E-state index in [0.717, 1.165) is 0 Å². The second-order valence-electron chi connectivity index (χ2n) is 2.29. The van der Waals surface area contributed by atoms with Crippen LogP contribution in [0.4, 0.5) is 0 Å². The molecule has 1 atom stereocenters. The molecular weight excluding hydrogens is 233 g/mol. The Labute approximate surface area is 78.3 Å². The molecule has 2 heteroatoms. The van der Waals surface area contributed by atoms with Gasteiger partial charge in [0, 0.05) is 20.4 Å². The average molecular weight is 245 g/mol. The molecule has 0 saturated carbocycles. The van der Waals surface area contributed by atoms with Crippen molar-refractivity contribution < 1.29 is 20.4 Å². The van der Waals surface area contributed by atoms with Crippen LogP contribution in [0.2, 0.25) is 0 Å². The monoisotopic (exact) mass is 244 g/mol. The van der Waals surface area contributed by atoms with Gasteiger partial charge < -0.3 is 0 Å². The molecular formula is C8H11PPd. The first-order chi connectivity index (χ1) is 4.22. The molecule has 0 aliphatic heterocycles. The van der Waals surface area contributed by atoms with Gasteiger partial charge in [-0.15, -0.1) is 9.24 Å². The van der Waals surface area contributed by atoms with Gasteiger partial charge in [0.2, 0.25) is 0 Å². The summed E-state index contributed by atoms with van der Waals surface area (Å²) in [6.07, 6.45) is 0. The predicted octanol–water partition coefficient (Wildman–Crippen LogP) is 1.80. The number of hydrogen-bond donors (Lipinski definition) is 0. The van der Waals surface area contributed by atoms with Crippen molar-refractivity contribution >= 4 is 14.5 Å². The summed E-state index contributed by atoms with van der Waals surface area (Å²) in [7, 11) is 2.72. The molecule has 0 N–H and O–H groups in total. The zero-order valence-corrected chi connectivity index (χ0v) is 8.83. The summed E-state index contributed by atoms with van der Waals surface area (Å²) in [6, 6.07) is 6.31. The first-order valence-corrected chi connectivity index (χ1v) is 3.61. The topological polar surface area (TPSA) is 0 Å². The van der Waals surface area contributed by atoms with E-state index in [1.807, 2.05) is 0 Å². The van der Waals surface area contributed by atoms with Crippen LogP contribution in [0.1, 0.15) is 11.1 Å². The molecule has 58 valence electrons. The third-order valence-corrected chi connectivity index (χ3v) is 2.27. The van der Waals surface area contributed by atoms with Crippen molar-refractivity contribution in [1.29, 1.82) is 0 Å². The Balaban J connectivity index is 0.000000810. The van der Waals surface area contributed by atoms with Crippen LogP contribution in [0.3, 0.4) is 0 Å². The number of aryl methyl sites for hydroxylation is 1. The van der Waals surface area contributed by atoms with E-state index < -0.39 is 0 Å². The minimum atomic E-state index is 0. The fraction of sp³-hybridized carbons (Fsp3) is 0.250. The summed E-state index contributed by atoms with van der Waals surface area (Å²) in [5, 5.41) is 1.30. The Morgan fingerprint density at radius 3 is 2.20 bits per heavy atom. The minimum Gasteiger partial charge on any atom is -0.105 e. The molecule has 0 saturated heterocycles. The van der Waals surface area contributed by atoms with Crippen molar-refractivity contribution in [2.75, 3.05) is 0 Å². The van der Waals surface area contributed by atoms with Crippen LogP contribution in [0.15, 0.2) is 18.2 Å². The molecule has 1 unspecified atom stereocenters. The van der Waals surface area contributed by atoms with Crippen LogP contribution >= 0.6 is 9.24 Å². The van der Waals surface area contributed by atoms with Gasteiger partial charge in [-0.2, -0.15) is 0 Å². The van der Waals surface area contributed by atoms with Crippen molar-refractivity contribution in [2.45, 2.75) is 13.8 Å². The van der Waals surface area contributed by atoms with Crippen molar-refractivity contribution in [1.82, 2.24) is 0 Å². The van der Waals surface area contributed by atoms with Gasteiger partial charge in [-0.25, -0.2) is 0 Å². The van der Waals surface area contributed by atoms with E-state index in [9.17, 15) is 0 Å². The fourth-order valence-electron chi connectivity index (χ4n) is 0.774. The Hall–Kier alpha value is 0.312. The summed E-state index contributed by atoms with van der Waals surface area (Å²) in [5.74, 6) is 0. The molecule has 0 bridgehead atoms. The van der Waals surface area contributed by atoms with Gasteiger partial charge in [0.15, 0.2) is 0 Å². The van der Waals surface area contributed by atoms with E-state index in [2.05, 4.69) is 41.3 Å². The standard InChI is InChI=1S/C8H11P.Pd/c1-6-4-3-5-8(9)7(6)2;/h3-5H,9H2,1-2H3;. The van der Waals surface area contributed by atoms with Crippen LogP contribution in [0, 0.1) is 13.8 Å². The Kier molecular flexibility index (Phi) is 4.38.